The van der Waals surface area contributed by atoms with Gasteiger partial charge in [-0.1, -0.05) is 35.9 Å². The van der Waals surface area contributed by atoms with Gasteiger partial charge in [-0.3, -0.25) is 4.90 Å². The number of benzene rings is 2. The maximum Gasteiger partial charge on any atom is 0.414 e. The highest BCUT2D eigenvalue weighted by Crippen LogP contribution is 2.33. The molecule has 0 aromatic heterocycles. The van der Waals surface area contributed by atoms with Crippen molar-refractivity contribution in [3.05, 3.63) is 53.3 Å². The molecule has 0 unspecified atom stereocenters. The first kappa shape index (κ1) is 17.7. The number of nitrogens with zero attached hydrogens (tertiary/aromatic N) is 1. The van der Waals surface area contributed by atoms with Crippen molar-refractivity contribution in [2.75, 3.05) is 25.0 Å². The third kappa shape index (κ3) is 3.78. The van der Waals surface area contributed by atoms with Crippen LogP contribution in [0.4, 0.5) is 14.9 Å². The van der Waals surface area contributed by atoms with Gasteiger partial charge in [-0.2, -0.15) is 0 Å². The minimum atomic E-state index is -0.501. The average Bonchev–Trinajstić information content (AvgIpc) is 3.02. The molecule has 1 aliphatic heterocycles. The Morgan fingerprint density at radius 3 is 2.76 bits per heavy atom. The molecule has 0 spiro atoms. The van der Waals surface area contributed by atoms with Crippen LogP contribution in [0.5, 0.6) is 0 Å². The molecule has 0 radical (unpaired) electrons. The first-order valence-electron chi connectivity index (χ1n) is 8.11. The molecule has 1 N–H and O–H groups in total. The predicted octanol–water partition coefficient (Wildman–Crippen LogP) is 4.47. The monoisotopic (exact) mass is 362 g/mol. The Balaban J connectivity index is 1.89. The number of carbonyl (C=O) groups is 1. The third-order valence-electron chi connectivity index (χ3n) is 4.43. The van der Waals surface area contributed by atoms with Gasteiger partial charge >= 0.3 is 6.09 Å². The van der Waals surface area contributed by atoms with Crippen molar-refractivity contribution in [2.45, 2.75) is 18.9 Å². The highest BCUT2D eigenvalue weighted by molar-refractivity contribution is 6.31. The van der Waals surface area contributed by atoms with E-state index >= 15 is 0 Å². The fourth-order valence-corrected chi connectivity index (χ4v) is 3.11. The van der Waals surface area contributed by atoms with E-state index in [-0.39, 0.29) is 5.02 Å². The molecule has 0 saturated carbocycles. The SMILES string of the molecule is CN(C(=O)O[C@]1(C)CCNC1)c1ccccc1-c1ccc(F)c(Cl)c1. The molecule has 2 aromatic rings. The van der Waals surface area contributed by atoms with Gasteiger partial charge in [0, 0.05) is 25.6 Å². The van der Waals surface area contributed by atoms with Gasteiger partial charge in [0.2, 0.25) is 0 Å². The third-order valence-corrected chi connectivity index (χ3v) is 4.72. The predicted molar refractivity (Wildman–Crippen MR) is 97.6 cm³/mol. The lowest BCUT2D eigenvalue weighted by molar-refractivity contribution is 0.0458. The summed E-state index contributed by atoms with van der Waals surface area (Å²) in [5, 5.41) is 3.24. The summed E-state index contributed by atoms with van der Waals surface area (Å²) in [6.07, 6.45) is 0.355. The van der Waals surface area contributed by atoms with Crippen LogP contribution < -0.4 is 10.2 Å². The molecule has 1 aliphatic rings. The van der Waals surface area contributed by atoms with Crippen LogP contribution in [0.1, 0.15) is 13.3 Å². The van der Waals surface area contributed by atoms with E-state index in [9.17, 15) is 9.18 Å². The Kier molecular flexibility index (Phi) is 4.97. The van der Waals surface area contributed by atoms with Gasteiger partial charge in [-0.25, -0.2) is 9.18 Å². The number of carbonyl (C=O) groups excluding carboxylic acids is 1. The van der Waals surface area contributed by atoms with Crippen LogP contribution in [-0.2, 0) is 4.74 Å². The number of ether oxygens (including phenoxy) is 1. The van der Waals surface area contributed by atoms with Gasteiger partial charge in [0.1, 0.15) is 11.4 Å². The number of rotatable bonds is 3. The molecule has 25 heavy (non-hydrogen) atoms. The first-order chi connectivity index (χ1) is 11.9. The zero-order valence-corrected chi connectivity index (χ0v) is 14.9. The van der Waals surface area contributed by atoms with Crippen LogP contribution in [0.3, 0.4) is 0 Å². The molecule has 4 nitrogen and oxygen atoms in total. The summed E-state index contributed by atoms with van der Waals surface area (Å²) in [5.41, 5.74) is 1.68. The molecule has 3 rings (SSSR count). The Morgan fingerprint density at radius 1 is 1.32 bits per heavy atom. The van der Waals surface area contributed by atoms with Gasteiger partial charge in [-0.15, -0.1) is 0 Å². The van der Waals surface area contributed by atoms with Gasteiger partial charge < -0.3 is 10.1 Å². The summed E-state index contributed by atoms with van der Waals surface area (Å²) in [6.45, 7) is 3.39. The summed E-state index contributed by atoms with van der Waals surface area (Å²) in [4.78, 5) is 14.1. The lowest BCUT2D eigenvalue weighted by atomic mass is 10.0. The van der Waals surface area contributed by atoms with Crippen molar-refractivity contribution in [2.24, 2.45) is 0 Å². The lowest BCUT2D eigenvalue weighted by Crippen LogP contribution is -2.39. The Morgan fingerprint density at radius 2 is 2.08 bits per heavy atom. The zero-order valence-electron chi connectivity index (χ0n) is 14.2. The maximum atomic E-state index is 13.4. The summed E-state index contributed by atoms with van der Waals surface area (Å²) < 4.78 is 19.1. The molecule has 1 fully saturated rings. The standard InChI is InChI=1S/C19H20ClFN2O2/c1-19(9-10-22-12-19)25-18(24)23(2)17-6-4-3-5-14(17)13-7-8-16(21)15(20)11-13/h3-8,11,22H,9-10,12H2,1-2H3/t19-/m1/s1. The van der Waals surface area contributed by atoms with Crippen molar-refractivity contribution < 1.29 is 13.9 Å². The van der Waals surface area contributed by atoms with Crippen molar-refractivity contribution >= 4 is 23.4 Å². The molecular formula is C19H20ClFN2O2. The van der Waals surface area contributed by atoms with E-state index in [1.54, 1.807) is 19.2 Å². The van der Waals surface area contributed by atoms with Crippen molar-refractivity contribution in [3.63, 3.8) is 0 Å². The fourth-order valence-electron chi connectivity index (χ4n) is 2.93. The second-order valence-corrected chi connectivity index (χ2v) is 6.86. The van der Waals surface area contributed by atoms with Crippen molar-refractivity contribution in [1.29, 1.82) is 0 Å². The summed E-state index contributed by atoms with van der Waals surface area (Å²) in [5.74, 6) is -0.475. The van der Waals surface area contributed by atoms with E-state index in [2.05, 4.69) is 5.32 Å². The van der Waals surface area contributed by atoms with Crippen LogP contribution in [0.2, 0.25) is 5.02 Å². The van der Waals surface area contributed by atoms with Crippen LogP contribution in [-0.4, -0.2) is 31.8 Å². The van der Waals surface area contributed by atoms with Gasteiger partial charge in [-0.05, 0) is 37.2 Å². The molecule has 1 saturated heterocycles. The summed E-state index contributed by atoms with van der Waals surface area (Å²) in [7, 11) is 1.66. The smallest absolute Gasteiger partial charge is 0.414 e. The fraction of sp³-hybridized carbons (Fsp3) is 0.316. The van der Waals surface area contributed by atoms with E-state index in [0.29, 0.717) is 12.2 Å². The van der Waals surface area contributed by atoms with E-state index in [1.165, 1.54) is 11.0 Å². The van der Waals surface area contributed by atoms with Crippen LogP contribution in [0.25, 0.3) is 11.1 Å². The largest absolute Gasteiger partial charge is 0.441 e. The van der Waals surface area contributed by atoms with Crippen molar-refractivity contribution in [3.8, 4) is 11.1 Å². The van der Waals surface area contributed by atoms with Gasteiger partial charge in [0.05, 0.1) is 10.7 Å². The molecular weight excluding hydrogens is 343 g/mol. The molecule has 6 heteroatoms. The van der Waals surface area contributed by atoms with Crippen LogP contribution in [0, 0.1) is 5.82 Å². The Hall–Kier alpha value is -2.11. The topological polar surface area (TPSA) is 41.6 Å². The molecule has 1 amide bonds. The normalized spacial score (nSPS) is 19.7. The quantitative estimate of drug-likeness (QED) is 0.875. The van der Waals surface area contributed by atoms with E-state index in [0.717, 1.165) is 24.1 Å². The van der Waals surface area contributed by atoms with Gasteiger partial charge in [0.25, 0.3) is 0 Å². The Labute approximate surface area is 151 Å². The van der Waals surface area contributed by atoms with Crippen LogP contribution >= 0.6 is 11.6 Å². The number of hydrogen-bond acceptors (Lipinski definition) is 3. The zero-order chi connectivity index (χ0) is 18.0. The van der Waals surface area contributed by atoms with E-state index < -0.39 is 17.5 Å². The lowest BCUT2D eigenvalue weighted by Gasteiger charge is -2.28. The number of halogens is 2. The summed E-state index contributed by atoms with van der Waals surface area (Å²) >= 11 is 5.90. The number of para-hydroxylation sites is 1. The molecule has 0 bridgehead atoms. The summed E-state index contributed by atoms with van der Waals surface area (Å²) in [6, 6.07) is 11.9. The van der Waals surface area contributed by atoms with Crippen molar-refractivity contribution in [1.82, 2.24) is 5.32 Å². The number of hydrogen-bond donors (Lipinski definition) is 1. The molecule has 1 heterocycles. The molecule has 0 aliphatic carbocycles. The Bertz CT molecular complexity index is 791. The maximum absolute atomic E-state index is 13.4. The van der Waals surface area contributed by atoms with Gasteiger partial charge in [0.15, 0.2) is 0 Å². The first-order valence-corrected chi connectivity index (χ1v) is 8.49. The minimum Gasteiger partial charge on any atom is -0.441 e. The second-order valence-electron chi connectivity index (χ2n) is 6.45. The van der Waals surface area contributed by atoms with E-state index in [4.69, 9.17) is 16.3 Å². The van der Waals surface area contributed by atoms with Crippen LogP contribution in [0.15, 0.2) is 42.5 Å². The molecule has 2 aromatic carbocycles. The highest BCUT2D eigenvalue weighted by atomic mass is 35.5. The second kappa shape index (κ2) is 7.02. The van der Waals surface area contributed by atoms with E-state index in [1.807, 2.05) is 31.2 Å². The minimum absolute atomic E-state index is 0.0436. The highest BCUT2D eigenvalue weighted by Gasteiger charge is 2.34. The molecule has 1 atom stereocenters. The number of nitrogens with one attached hydrogen (secondary N) is 1. The number of anilines is 1. The average molecular weight is 363 g/mol. The number of amides is 1. The molecule has 132 valence electrons.